The van der Waals surface area contributed by atoms with Gasteiger partial charge in [-0.3, -0.25) is 4.79 Å². The Kier molecular flexibility index (Phi) is 5.12. The second-order valence-electron chi connectivity index (χ2n) is 6.10. The van der Waals surface area contributed by atoms with Crippen LogP contribution >= 0.6 is 0 Å². The van der Waals surface area contributed by atoms with E-state index in [-0.39, 0.29) is 22.6 Å². The number of halogens is 6. The Bertz CT molecular complexity index is 1040. The van der Waals surface area contributed by atoms with Crippen molar-refractivity contribution in [3.05, 3.63) is 77.1 Å². The predicted molar refractivity (Wildman–Crippen MR) is 92.7 cm³/mol. The fourth-order valence-corrected chi connectivity index (χ4v) is 2.71. The van der Waals surface area contributed by atoms with Crippen LogP contribution in [-0.2, 0) is 12.4 Å². The van der Waals surface area contributed by atoms with E-state index >= 15 is 0 Å². The molecule has 152 valence electrons. The summed E-state index contributed by atoms with van der Waals surface area (Å²) in [6.07, 6.45) is -8.02. The Labute approximate surface area is 160 Å². The molecule has 3 rings (SSSR count). The minimum atomic E-state index is -4.61. The molecule has 0 saturated carbocycles. The number of para-hydroxylation sites is 1. The van der Waals surface area contributed by atoms with Gasteiger partial charge in [-0.15, -0.1) is 0 Å². The monoisotopic (exact) mass is 413 g/mol. The standard InChI is InChI=1S/C19H13F6N3O/c1-11-14(17(29)27-13-8-6-12(7-9-13)18(20,21)22)10-26-28(11)16-5-3-2-4-15(16)19(23,24)25/h2-10H,1H3,(H,27,29). The van der Waals surface area contributed by atoms with Gasteiger partial charge in [0.2, 0.25) is 0 Å². The van der Waals surface area contributed by atoms with Crippen LogP contribution in [0.25, 0.3) is 5.69 Å². The van der Waals surface area contributed by atoms with Crippen LogP contribution in [0.5, 0.6) is 0 Å². The number of nitrogens with one attached hydrogen (secondary N) is 1. The van der Waals surface area contributed by atoms with Gasteiger partial charge in [0.05, 0.1) is 34.3 Å². The number of amides is 1. The molecule has 0 bridgehead atoms. The van der Waals surface area contributed by atoms with Gasteiger partial charge in [0, 0.05) is 5.69 Å². The lowest BCUT2D eigenvalue weighted by molar-refractivity contribution is -0.138. The van der Waals surface area contributed by atoms with Crippen molar-refractivity contribution in [2.45, 2.75) is 19.3 Å². The Hall–Kier alpha value is -3.30. The van der Waals surface area contributed by atoms with Crippen molar-refractivity contribution in [2.24, 2.45) is 0 Å². The summed E-state index contributed by atoms with van der Waals surface area (Å²) in [5.41, 5.74) is -1.80. The molecular weight excluding hydrogens is 400 g/mol. The number of anilines is 1. The van der Waals surface area contributed by atoms with Crippen molar-refractivity contribution < 1.29 is 31.1 Å². The molecule has 0 aliphatic rings. The second-order valence-corrected chi connectivity index (χ2v) is 6.10. The van der Waals surface area contributed by atoms with Gasteiger partial charge >= 0.3 is 12.4 Å². The average Bonchev–Trinajstić information content (AvgIpc) is 3.02. The number of carbonyl (C=O) groups excluding carboxylic acids is 1. The van der Waals surface area contributed by atoms with Crippen molar-refractivity contribution >= 4 is 11.6 Å². The second kappa shape index (κ2) is 7.26. The number of hydrogen-bond donors (Lipinski definition) is 1. The van der Waals surface area contributed by atoms with Crippen LogP contribution < -0.4 is 5.32 Å². The highest BCUT2D eigenvalue weighted by Gasteiger charge is 2.34. The van der Waals surface area contributed by atoms with Gasteiger partial charge in [0.25, 0.3) is 5.91 Å². The summed E-state index contributed by atoms with van der Waals surface area (Å²) >= 11 is 0. The molecule has 1 aromatic heterocycles. The molecule has 0 aliphatic carbocycles. The highest BCUT2D eigenvalue weighted by molar-refractivity contribution is 6.05. The summed E-state index contributed by atoms with van der Waals surface area (Å²) in [5.74, 6) is -0.710. The van der Waals surface area contributed by atoms with E-state index in [0.29, 0.717) is 0 Å². The summed E-state index contributed by atoms with van der Waals surface area (Å²) in [5, 5.41) is 6.28. The zero-order valence-corrected chi connectivity index (χ0v) is 14.8. The summed E-state index contributed by atoms with van der Waals surface area (Å²) in [4.78, 5) is 12.4. The summed E-state index contributed by atoms with van der Waals surface area (Å²) in [6, 6.07) is 8.56. The highest BCUT2D eigenvalue weighted by Crippen LogP contribution is 2.34. The fourth-order valence-electron chi connectivity index (χ4n) is 2.71. The molecular formula is C19H13F6N3O. The maximum atomic E-state index is 13.2. The number of alkyl halides is 6. The molecule has 0 aliphatic heterocycles. The number of benzene rings is 2. The van der Waals surface area contributed by atoms with Gasteiger partial charge in [-0.05, 0) is 43.3 Å². The average molecular weight is 413 g/mol. The molecule has 4 nitrogen and oxygen atoms in total. The van der Waals surface area contributed by atoms with Crippen molar-refractivity contribution in [3.63, 3.8) is 0 Å². The first-order chi connectivity index (χ1) is 13.5. The van der Waals surface area contributed by atoms with Crippen LogP contribution in [0, 0.1) is 6.92 Å². The van der Waals surface area contributed by atoms with Crippen LogP contribution in [-0.4, -0.2) is 15.7 Å². The van der Waals surface area contributed by atoms with E-state index in [4.69, 9.17) is 0 Å². The fraction of sp³-hybridized carbons (Fsp3) is 0.158. The third-order valence-corrected chi connectivity index (χ3v) is 4.16. The van der Waals surface area contributed by atoms with E-state index in [2.05, 4.69) is 10.4 Å². The molecule has 0 radical (unpaired) electrons. The maximum absolute atomic E-state index is 13.2. The number of aromatic nitrogens is 2. The summed E-state index contributed by atoms with van der Waals surface area (Å²) in [7, 11) is 0. The number of nitrogens with zero attached hydrogens (tertiary/aromatic N) is 2. The molecule has 1 heterocycles. The lowest BCUT2D eigenvalue weighted by Crippen LogP contribution is -2.15. The molecule has 1 N–H and O–H groups in total. The molecule has 0 unspecified atom stereocenters. The van der Waals surface area contributed by atoms with Crippen molar-refractivity contribution in [3.8, 4) is 5.69 Å². The van der Waals surface area contributed by atoms with E-state index < -0.39 is 29.4 Å². The number of carbonyl (C=O) groups is 1. The topological polar surface area (TPSA) is 46.9 Å². The summed E-state index contributed by atoms with van der Waals surface area (Å²) in [6.45, 7) is 1.42. The Balaban J connectivity index is 1.88. The number of rotatable bonds is 3. The van der Waals surface area contributed by atoms with Crippen LogP contribution in [0.15, 0.2) is 54.7 Å². The third-order valence-electron chi connectivity index (χ3n) is 4.16. The molecule has 0 spiro atoms. The molecule has 3 aromatic rings. The SMILES string of the molecule is Cc1c(C(=O)Nc2ccc(C(F)(F)F)cc2)cnn1-c1ccccc1C(F)(F)F. The van der Waals surface area contributed by atoms with Gasteiger partial charge in [-0.25, -0.2) is 4.68 Å². The minimum Gasteiger partial charge on any atom is -0.322 e. The van der Waals surface area contributed by atoms with E-state index in [1.165, 1.54) is 25.1 Å². The minimum absolute atomic E-state index is 0.0122. The van der Waals surface area contributed by atoms with Crippen LogP contribution in [0.4, 0.5) is 32.0 Å². The van der Waals surface area contributed by atoms with Gasteiger partial charge in [0.15, 0.2) is 0 Å². The molecule has 2 aromatic carbocycles. The van der Waals surface area contributed by atoms with Crippen molar-refractivity contribution in [1.29, 1.82) is 0 Å². The smallest absolute Gasteiger partial charge is 0.322 e. The molecule has 0 fully saturated rings. The zero-order valence-electron chi connectivity index (χ0n) is 14.8. The van der Waals surface area contributed by atoms with Gasteiger partial charge in [0.1, 0.15) is 0 Å². The largest absolute Gasteiger partial charge is 0.418 e. The van der Waals surface area contributed by atoms with Gasteiger partial charge in [-0.2, -0.15) is 31.4 Å². The molecule has 29 heavy (non-hydrogen) atoms. The quantitative estimate of drug-likeness (QED) is 0.579. The van der Waals surface area contributed by atoms with Crippen LogP contribution in [0.2, 0.25) is 0 Å². The Morgan fingerprint density at radius 3 is 2.14 bits per heavy atom. The van der Waals surface area contributed by atoms with Crippen LogP contribution in [0.1, 0.15) is 27.2 Å². The lowest BCUT2D eigenvalue weighted by atomic mass is 10.1. The third kappa shape index (κ3) is 4.25. The highest BCUT2D eigenvalue weighted by atomic mass is 19.4. The molecule has 10 heteroatoms. The normalized spacial score (nSPS) is 12.1. The maximum Gasteiger partial charge on any atom is 0.418 e. The van der Waals surface area contributed by atoms with Crippen LogP contribution in [0.3, 0.4) is 0 Å². The Morgan fingerprint density at radius 2 is 1.55 bits per heavy atom. The number of hydrogen-bond acceptors (Lipinski definition) is 2. The van der Waals surface area contributed by atoms with Gasteiger partial charge in [-0.1, -0.05) is 12.1 Å². The molecule has 0 atom stereocenters. The predicted octanol–water partition coefficient (Wildman–Crippen LogP) is 5.47. The first kappa shape index (κ1) is 20.4. The van der Waals surface area contributed by atoms with E-state index in [9.17, 15) is 31.1 Å². The van der Waals surface area contributed by atoms with E-state index in [1.54, 1.807) is 0 Å². The molecule has 1 amide bonds. The van der Waals surface area contributed by atoms with E-state index in [1.807, 2.05) is 0 Å². The zero-order chi connectivity index (χ0) is 21.4. The molecule has 0 saturated heterocycles. The van der Waals surface area contributed by atoms with Crippen molar-refractivity contribution in [1.82, 2.24) is 9.78 Å². The van der Waals surface area contributed by atoms with Gasteiger partial charge < -0.3 is 5.32 Å². The van der Waals surface area contributed by atoms with E-state index in [0.717, 1.165) is 41.2 Å². The Morgan fingerprint density at radius 1 is 0.931 bits per heavy atom. The van der Waals surface area contributed by atoms with Crippen molar-refractivity contribution in [2.75, 3.05) is 5.32 Å². The first-order valence-electron chi connectivity index (χ1n) is 8.18. The lowest BCUT2D eigenvalue weighted by Gasteiger charge is -2.14. The first-order valence-corrected chi connectivity index (χ1v) is 8.18. The summed E-state index contributed by atoms with van der Waals surface area (Å²) < 4.78 is 78.5.